The molecule has 1 aromatic carbocycles. The smallest absolute Gasteiger partial charge is 0.227 e. The third kappa shape index (κ3) is 3.63. The van der Waals surface area contributed by atoms with Crippen LogP contribution in [0.25, 0.3) is 0 Å². The molecular weight excluding hydrogens is 300 g/mol. The number of carbonyl (C=O) groups is 2. The summed E-state index contributed by atoms with van der Waals surface area (Å²) < 4.78 is 0. The zero-order valence-corrected chi connectivity index (χ0v) is 14.8. The second-order valence-electron chi connectivity index (χ2n) is 7.02. The van der Waals surface area contributed by atoms with Gasteiger partial charge in [-0.05, 0) is 49.7 Å². The summed E-state index contributed by atoms with van der Waals surface area (Å²) in [6, 6.07) is 6.24. The number of piperidine rings is 1. The van der Waals surface area contributed by atoms with Crippen LogP contribution in [0.5, 0.6) is 0 Å². The molecule has 1 heterocycles. The highest BCUT2D eigenvalue weighted by molar-refractivity contribution is 5.94. The van der Waals surface area contributed by atoms with E-state index < -0.39 is 0 Å². The SMILES string of the molecule is CCc1cccc(CC)c1NC(=O)C1CCN(C(=O)C2CC2)CC1. The van der Waals surface area contributed by atoms with E-state index in [0.717, 1.165) is 57.3 Å². The van der Waals surface area contributed by atoms with Crippen LogP contribution in [0.1, 0.15) is 50.7 Å². The summed E-state index contributed by atoms with van der Waals surface area (Å²) >= 11 is 0. The van der Waals surface area contributed by atoms with Crippen molar-refractivity contribution in [1.29, 1.82) is 0 Å². The van der Waals surface area contributed by atoms with Crippen molar-refractivity contribution < 1.29 is 9.59 Å². The Morgan fingerprint density at radius 1 is 1.00 bits per heavy atom. The molecular formula is C20H28N2O2. The molecule has 0 bridgehead atoms. The lowest BCUT2D eigenvalue weighted by Gasteiger charge is -2.31. The van der Waals surface area contributed by atoms with E-state index in [4.69, 9.17) is 0 Å². The highest BCUT2D eigenvalue weighted by Gasteiger charge is 2.36. The summed E-state index contributed by atoms with van der Waals surface area (Å²) in [6.45, 7) is 5.69. The Morgan fingerprint density at radius 2 is 1.58 bits per heavy atom. The van der Waals surface area contributed by atoms with Crippen LogP contribution in [0.15, 0.2) is 18.2 Å². The van der Waals surface area contributed by atoms with Crippen molar-refractivity contribution in [3.63, 3.8) is 0 Å². The van der Waals surface area contributed by atoms with Gasteiger partial charge in [0.1, 0.15) is 0 Å². The van der Waals surface area contributed by atoms with Crippen molar-refractivity contribution in [1.82, 2.24) is 4.90 Å². The van der Waals surface area contributed by atoms with Crippen LogP contribution in [-0.4, -0.2) is 29.8 Å². The first kappa shape index (κ1) is 17.0. The first-order valence-corrected chi connectivity index (χ1v) is 9.34. The molecule has 0 spiro atoms. The van der Waals surface area contributed by atoms with Crippen LogP contribution in [-0.2, 0) is 22.4 Å². The molecule has 1 saturated carbocycles. The molecule has 4 heteroatoms. The largest absolute Gasteiger partial charge is 0.342 e. The van der Waals surface area contributed by atoms with E-state index >= 15 is 0 Å². The van der Waals surface area contributed by atoms with Crippen molar-refractivity contribution >= 4 is 17.5 Å². The van der Waals surface area contributed by atoms with E-state index in [-0.39, 0.29) is 17.7 Å². The average Bonchev–Trinajstić information content (AvgIpc) is 3.46. The Labute approximate surface area is 144 Å². The predicted molar refractivity (Wildman–Crippen MR) is 95.9 cm³/mol. The normalized spacial score (nSPS) is 18.5. The number of hydrogen-bond acceptors (Lipinski definition) is 2. The molecule has 1 N–H and O–H groups in total. The van der Waals surface area contributed by atoms with Gasteiger partial charge in [-0.15, -0.1) is 0 Å². The fourth-order valence-electron chi connectivity index (χ4n) is 3.58. The summed E-state index contributed by atoms with van der Waals surface area (Å²) in [4.78, 5) is 26.8. The monoisotopic (exact) mass is 328 g/mol. The zero-order chi connectivity index (χ0) is 17.1. The lowest BCUT2D eigenvalue weighted by atomic mass is 9.94. The fraction of sp³-hybridized carbons (Fsp3) is 0.600. The van der Waals surface area contributed by atoms with Gasteiger partial charge in [0.15, 0.2) is 0 Å². The van der Waals surface area contributed by atoms with Crippen molar-refractivity contribution in [2.24, 2.45) is 11.8 Å². The molecule has 3 rings (SSSR count). The Morgan fingerprint density at radius 3 is 2.08 bits per heavy atom. The molecule has 1 saturated heterocycles. The maximum atomic E-state index is 12.7. The van der Waals surface area contributed by atoms with Gasteiger partial charge in [-0.3, -0.25) is 9.59 Å². The van der Waals surface area contributed by atoms with Gasteiger partial charge in [-0.1, -0.05) is 32.0 Å². The summed E-state index contributed by atoms with van der Waals surface area (Å²) in [5.41, 5.74) is 3.40. The topological polar surface area (TPSA) is 49.4 Å². The molecule has 2 amide bonds. The molecule has 130 valence electrons. The van der Waals surface area contributed by atoms with Crippen molar-refractivity contribution in [3.8, 4) is 0 Å². The summed E-state index contributed by atoms with van der Waals surface area (Å²) in [5.74, 6) is 0.712. The number of hydrogen-bond donors (Lipinski definition) is 1. The highest BCUT2D eigenvalue weighted by atomic mass is 16.2. The number of benzene rings is 1. The maximum Gasteiger partial charge on any atom is 0.227 e. The van der Waals surface area contributed by atoms with Crippen molar-refractivity contribution in [2.75, 3.05) is 18.4 Å². The molecule has 24 heavy (non-hydrogen) atoms. The summed E-state index contributed by atoms with van der Waals surface area (Å²) in [6.07, 6.45) is 5.48. The molecule has 0 atom stereocenters. The van der Waals surface area contributed by atoms with Gasteiger partial charge in [-0.25, -0.2) is 0 Å². The number of nitrogens with one attached hydrogen (secondary N) is 1. The Hall–Kier alpha value is -1.84. The van der Waals surface area contributed by atoms with Crippen LogP contribution in [0.3, 0.4) is 0 Å². The number of likely N-dealkylation sites (tertiary alicyclic amines) is 1. The van der Waals surface area contributed by atoms with E-state index in [9.17, 15) is 9.59 Å². The summed E-state index contributed by atoms with van der Waals surface area (Å²) in [7, 11) is 0. The average molecular weight is 328 g/mol. The number of anilines is 1. The third-order valence-electron chi connectivity index (χ3n) is 5.35. The van der Waals surface area contributed by atoms with Crippen molar-refractivity contribution in [3.05, 3.63) is 29.3 Å². The third-order valence-corrected chi connectivity index (χ3v) is 5.35. The number of carbonyl (C=O) groups excluding carboxylic acids is 2. The molecule has 1 aliphatic carbocycles. The van der Waals surface area contributed by atoms with Crippen LogP contribution < -0.4 is 5.32 Å². The predicted octanol–water partition coefficient (Wildman–Crippen LogP) is 3.40. The molecule has 0 radical (unpaired) electrons. The highest BCUT2D eigenvalue weighted by Crippen LogP contribution is 2.33. The van der Waals surface area contributed by atoms with Gasteiger partial charge in [-0.2, -0.15) is 0 Å². The Kier molecular flexibility index (Phi) is 5.22. The number of amides is 2. The van der Waals surface area contributed by atoms with Gasteiger partial charge in [0.25, 0.3) is 0 Å². The lowest BCUT2D eigenvalue weighted by Crippen LogP contribution is -2.42. The van der Waals surface area contributed by atoms with Gasteiger partial charge >= 0.3 is 0 Å². The maximum absolute atomic E-state index is 12.7. The lowest BCUT2D eigenvalue weighted by molar-refractivity contribution is -0.135. The first-order chi connectivity index (χ1) is 11.6. The van der Waals surface area contributed by atoms with E-state index in [0.29, 0.717) is 5.91 Å². The van der Waals surface area contributed by atoms with Crippen LogP contribution in [0, 0.1) is 11.8 Å². The number of rotatable bonds is 5. The van der Waals surface area contributed by atoms with Gasteiger partial charge in [0.2, 0.25) is 11.8 Å². The Balaban J connectivity index is 1.61. The molecule has 1 aliphatic heterocycles. The van der Waals surface area contributed by atoms with Crippen LogP contribution in [0.4, 0.5) is 5.69 Å². The van der Waals surface area contributed by atoms with E-state index in [1.165, 1.54) is 11.1 Å². The minimum absolute atomic E-state index is 0.0165. The van der Waals surface area contributed by atoms with E-state index in [2.05, 4.69) is 37.4 Å². The molecule has 2 aliphatic rings. The zero-order valence-electron chi connectivity index (χ0n) is 14.8. The minimum atomic E-state index is 0.0165. The second-order valence-corrected chi connectivity index (χ2v) is 7.02. The molecule has 4 nitrogen and oxygen atoms in total. The van der Waals surface area contributed by atoms with Gasteiger partial charge < -0.3 is 10.2 Å². The van der Waals surface area contributed by atoms with Crippen LogP contribution in [0.2, 0.25) is 0 Å². The number of para-hydroxylation sites is 1. The van der Waals surface area contributed by atoms with E-state index in [1.807, 2.05) is 4.90 Å². The standard InChI is InChI=1S/C20H28N2O2/c1-3-14-6-5-7-15(4-2)18(14)21-19(23)16-10-12-22(13-11-16)20(24)17-8-9-17/h5-7,16-17H,3-4,8-13H2,1-2H3,(H,21,23). The molecule has 2 fully saturated rings. The fourth-order valence-corrected chi connectivity index (χ4v) is 3.58. The van der Waals surface area contributed by atoms with E-state index in [1.54, 1.807) is 0 Å². The Bertz CT molecular complexity index is 592. The van der Waals surface area contributed by atoms with Crippen molar-refractivity contribution in [2.45, 2.75) is 52.4 Å². The first-order valence-electron chi connectivity index (χ1n) is 9.34. The summed E-state index contributed by atoms with van der Waals surface area (Å²) in [5, 5.41) is 3.19. The van der Waals surface area contributed by atoms with Gasteiger partial charge in [0, 0.05) is 30.6 Å². The number of aryl methyl sites for hydroxylation is 2. The molecule has 0 unspecified atom stereocenters. The van der Waals surface area contributed by atoms with Crippen LogP contribution >= 0.6 is 0 Å². The molecule has 1 aromatic rings. The number of nitrogens with zero attached hydrogens (tertiary/aromatic N) is 1. The quantitative estimate of drug-likeness (QED) is 0.900. The minimum Gasteiger partial charge on any atom is -0.342 e. The second kappa shape index (κ2) is 7.37. The molecule has 0 aromatic heterocycles. The van der Waals surface area contributed by atoms with Gasteiger partial charge in [0.05, 0.1) is 0 Å².